The number of aliphatic hydroxyl groups excluding tert-OH is 1. The van der Waals surface area contributed by atoms with Crippen LogP contribution in [0.25, 0.3) is 0 Å². The van der Waals surface area contributed by atoms with Crippen LogP contribution in [0.4, 0.5) is 5.69 Å². The second-order valence-corrected chi connectivity index (χ2v) is 6.27. The van der Waals surface area contributed by atoms with Crippen molar-refractivity contribution in [2.45, 2.75) is 24.9 Å². The molecule has 0 fully saturated rings. The van der Waals surface area contributed by atoms with E-state index in [1.165, 1.54) is 22.4 Å². The quantitative estimate of drug-likeness (QED) is 0.890. The standard InChI is InChI=1S/C19H24N2O/c1-21(2)18-10-6-4-8-16(18)13-20-19(14-22)12-11-15-7-3-5-9-17(15)19/h3-10,20,22H,11-14H2,1-2H3. The molecule has 2 N–H and O–H groups in total. The average Bonchev–Trinajstić information content (AvgIpc) is 2.93. The highest BCUT2D eigenvalue weighted by molar-refractivity contribution is 5.52. The topological polar surface area (TPSA) is 35.5 Å². The minimum Gasteiger partial charge on any atom is -0.394 e. The highest BCUT2D eigenvalue weighted by Crippen LogP contribution is 2.37. The number of nitrogens with one attached hydrogen (secondary N) is 1. The molecule has 1 unspecified atom stereocenters. The lowest BCUT2D eigenvalue weighted by molar-refractivity contribution is 0.159. The van der Waals surface area contributed by atoms with Gasteiger partial charge in [-0.25, -0.2) is 0 Å². The molecule has 0 heterocycles. The number of hydrogen-bond acceptors (Lipinski definition) is 3. The van der Waals surface area contributed by atoms with Gasteiger partial charge in [-0.2, -0.15) is 0 Å². The molecule has 0 saturated carbocycles. The number of aliphatic hydroxyl groups is 1. The van der Waals surface area contributed by atoms with Gasteiger partial charge in [-0.15, -0.1) is 0 Å². The number of aryl methyl sites for hydroxylation is 1. The first kappa shape index (κ1) is 15.1. The van der Waals surface area contributed by atoms with Crippen molar-refractivity contribution in [3.63, 3.8) is 0 Å². The van der Waals surface area contributed by atoms with Crippen molar-refractivity contribution in [2.75, 3.05) is 25.6 Å². The average molecular weight is 296 g/mol. The van der Waals surface area contributed by atoms with Crippen LogP contribution in [-0.2, 0) is 18.5 Å². The highest BCUT2D eigenvalue weighted by atomic mass is 16.3. The van der Waals surface area contributed by atoms with E-state index in [0.29, 0.717) is 0 Å². The van der Waals surface area contributed by atoms with Gasteiger partial charge in [0.1, 0.15) is 0 Å². The third-order valence-corrected chi connectivity index (χ3v) is 4.71. The third-order valence-electron chi connectivity index (χ3n) is 4.71. The van der Waals surface area contributed by atoms with E-state index in [1.54, 1.807) is 0 Å². The molecule has 0 bridgehead atoms. The Balaban J connectivity index is 1.84. The molecular weight excluding hydrogens is 272 g/mol. The molecule has 3 heteroatoms. The fraction of sp³-hybridized carbons (Fsp3) is 0.368. The predicted octanol–water partition coefficient (Wildman–Crippen LogP) is 2.68. The van der Waals surface area contributed by atoms with Crippen molar-refractivity contribution in [1.29, 1.82) is 0 Å². The van der Waals surface area contributed by atoms with Crippen molar-refractivity contribution in [1.82, 2.24) is 5.32 Å². The Kier molecular flexibility index (Phi) is 4.19. The molecule has 1 aliphatic carbocycles. The Bertz CT molecular complexity index is 653. The molecule has 0 amide bonds. The first-order valence-corrected chi connectivity index (χ1v) is 7.86. The normalized spacial score (nSPS) is 20.0. The number of benzene rings is 2. The molecule has 2 aromatic carbocycles. The van der Waals surface area contributed by atoms with Gasteiger partial charge in [0.15, 0.2) is 0 Å². The minimum absolute atomic E-state index is 0.133. The lowest BCUT2D eigenvalue weighted by atomic mass is 9.92. The zero-order chi connectivity index (χ0) is 15.6. The molecule has 1 atom stereocenters. The van der Waals surface area contributed by atoms with E-state index >= 15 is 0 Å². The fourth-order valence-electron chi connectivity index (χ4n) is 3.45. The monoisotopic (exact) mass is 296 g/mol. The zero-order valence-corrected chi connectivity index (χ0v) is 13.3. The van der Waals surface area contributed by atoms with Crippen LogP contribution in [0, 0.1) is 0 Å². The maximum Gasteiger partial charge on any atom is 0.0677 e. The van der Waals surface area contributed by atoms with Gasteiger partial charge in [-0.1, -0.05) is 42.5 Å². The maximum absolute atomic E-state index is 10.0. The van der Waals surface area contributed by atoms with Gasteiger partial charge in [0.05, 0.1) is 12.1 Å². The van der Waals surface area contributed by atoms with E-state index < -0.39 is 0 Å². The summed E-state index contributed by atoms with van der Waals surface area (Å²) in [6, 6.07) is 16.9. The molecule has 0 spiro atoms. The summed E-state index contributed by atoms with van der Waals surface area (Å²) in [5.41, 5.74) is 4.76. The lowest BCUT2D eigenvalue weighted by Crippen LogP contribution is -2.43. The number of para-hydroxylation sites is 1. The van der Waals surface area contributed by atoms with E-state index in [2.05, 4.69) is 72.8 Å². The molecule has 1 aliphatic rings. The molecule has 22 heavy (non-hydrogen) atoms. The van der Waals surface area contributed by atoms with Gasteiger partial charge in [0.25, 0.3) is 0 Å². The van der Waals surface area contributed by atoms with Crippen molar-refractivity contribution in [2.24, 2.45) is 0 Å². The minimum atomic E-state index is -0.310. The summed E-state index contributed by atoms with van der Waals surface area (Å²) in [5, 5.41) is 13.7. The molecule has 2 aromatic rings. The first-order chi connectivity index (χ1) is 10.7. The van der Waals surface area contributed by atoms with Crippen LogP contribution in [0.2, 0.25) is 0 Å². The number of rotatable bonds is 5. The Morgan fingerprint density at radius 3 is 2.59 bits per heavy atom. The van der Waals surface area contributed by atoms with Gasteiger partial charge < -0.3 is 15.3 Å². The molecule has 0 saturated heterocycles. The van der Waals surface area contributed by atoms with Crippen LogP contribution < -0.4 is 10.2 Å². The van der Waals surface area contributed by atoms with Crippen molar-refractivity contribution < 1.29 is 5.11 Å². The Morgan fingerprint density at radius 1 is 1.09 bits per heavy atom. The van der Waals surface area contributed by atoms with Crippen molar-refractivity contribution in [3.8, 4) is 0 Å². The van der Waals surface area contributed by atoms with Gasteiger partial charge in [-0.05, 0) is 35.6 Å². The van der Waals surface area contributed by atoms with Crippen LogP contribution >= 0.6 is 0 Å². The van der Waals surface area contributed by atoms with E-state index in [4.69, 9.17) is 0 Å². The lowest BCUT2D eigenvalue weighted by Gasteiger charge is -2.31. The molecule has 116 valence electrons. The van der Waals surface area contributed by atoms with Crippen molar-refractivity contribution in [3.05, 3.63) is 65.2 Å². The van der Waals surface area contributed by atoms with E-state index in [-0.39, 0.29) is 12.1 Å². The highest BCUT2D eigenvalue weighted by Gasteiger charge is 2.37. The largest absolute Gasteiger partial charge is 0.394 e. The number of hydrogen-bond donors (Lipinski definition) is 2. The second kappa shape index (κ2) is 6.11. The molecule has 0 radical (unpaired) electrons. The number of nitrogens with zero attached hydrogens (tertiary/aromatic N) is 1. The van der Waals surface area contributed by atoms with Gasteiger partial charge in [-0.3, -0.25) is 0 Å². The Labute approximate surface area is 132 Å². The first-order valence-electron chi connectivity index (χ1n) is 7.86. The number of fused-ring (bicyclic) bond motifs is 1. The van der Waals surface area contributed by atoms with E-state index in [9.17, 15) is 5.11 Å². The molecule has 0 aromatic heterocycles. The fourth-order valence-corrected chi connectivity index (χ4v) is 3.45. The summed E-state index contributed by atoms with van der Waals surface area (Å²) in [4.78, 5) is 2.13. The van der Waals surface area contributed by atoms with Crippen molar-refractivity contribution >= 4 is 5.69 Å². The van der Waals surface area contributed by atoms with Crippen LogP contribution in [0.15, 0.2) is 48.5 Å². The summed E-state index contributed by atoms with van der Waals surface area (Å²) in [5.74, 6) is 0. The van der Waals surface area contributed by atoms with E-state index in [0.717, 1.165) is 19.4 Å². The molecule has 3 nitrogen and oxygen atoms in total. The van der Waals surface area contributed by atoms with Gasteiger partial charge in [0, 0.05) is 26.3 Å². The summed E-state index contributed by atoms with van der Waals surface area (Å²) >= 11 is 0. The summed E-state index contributed by atoms with van der Waals surface area (Å²) < 4.78 is 0. The summed E-state index contributed by atoms with van der Waals surface area (Å²) in [7, 11) is 4.12. The molecule has 3 rings (SSSR count). The summed E-state index contributed by atoms with van der Waals surface area (Å²) in [6.07, 6.45) is 1.98. The van der Waals surface area contributed by atoms with E-state index in [1.807, 2.05) is 0 Å². The van der Waals surface area contributed by atoms with Crippen LogP contribution in [-0.4, -0.2) is 25.8 Å². The van der Waals surface area contributed by atoms with Gasteiger partial charge in [0.2, 0.25) is 0 Å². The van der Waals surface area contributed by atoms with Crippen LogP contribution in [0.3, 0.4) is 0 Å². The van der Waals surface area contributed by atoms with Crippen LogP contribution in [0.1, 0.15) is 23.1 Å². The SMILES string of the molecule is CN(C)c1ccccc1CNC1(CO)CCc2ccccc21. The molecule has 0 aliphatic heterocycles. The maximum atomic E-state index is 10.0. The predicted molar refractivity (Wildman–Crippen MR) is 91.1 cm³/mol. The number of anilines is 1. The third kappa shape index (κ3) is 2.62. The summed E-state index contributed by atoms with van der Waals surface area (Å²) in [6.45, 7) is 0.886. The second-order valence-electron chi connectivity index (χ2n) is 6.27. The smallest absolute Gasteiger partial charge is 0.0677 e. The Morgan fingerprint density at radius 2 is 1.82 bits per heavy atom. The zero-order valence-electron chi connectivity index (χ0n) is 13.3. The van der Waals surface area contributed by atoms with Crippen LogP contribution in [0.5, 0.6) is 0 Å². The molecular formula is C19H24N2O. The van der Waals surface area contributed by atoms with Gasteiger partial charge >= 0.3 is 0 Å². The Hall–Kier alpha value is -1.84.